The second-order valence-corrected chi connectivity index (χ2v) is 6.58. The molecule has 0 spiro atoms. The lowest BCUT2D eigenvalue weighted by Gasteiger charge is -2.30. The molecule has 3 N–H and O–H groups in total. The van der Waals surface area contributed by atoms with E-state index in [1.807, 2.05) is 6.92 Å². The topological polar surface area (TPSA) is 64.3 Å². The van der Waals surface area contributed by atoms with Gasteiger partial charge in [0, 0.05) is 18.5 Å². The fraction of sp³-hybridized carbons (Fsp3) is 0.562. The van der Waals surface area contributed by atoms with Gasteiger partial charge in [0.1, 0.15) is 11.4 Å². The van der Waals surface area contributed by atoms with E-state index in [1.54, 1.807) is 39.8 Å². The van der Waals surface area contributed by atoms with Gasteiger partial charge in [-0.05, 0) is 44.9 Å². The van der Waals surface area contributed by atoms with E-state index in [0.29, 0.717) is 18.7 Å². The zero-order chi connectivity index (χ0) is 16.3. The van der Waals surface area contributed by atoms with Crippen molar-refractivity contribution in [2.45, 2.75) is 45.6 Å². The van der Waals surface area contributed by atoms with Crippen LogP contribution in [-0.4, -0.2) is 24.8 Å². The average Bonchev–Trinajstić information content (AvgIpc) is 2.37. The molecule has 0 aliphatic carbocycles. The van der Waals surface area contributed by atoms with E-state index in [0.717, 1.165) is 5.56 Å². The Bertz CT molecular complexity index is 511. The number of ether oxygens (including phenoxy) is 1. The number of carbonyl (C=O) groups excluding carboxylic acids is 1. The smallest absolute Gasteiger partial charge is 0.407 e. The Balaban J connectivity index is 2.80. The first kappa shape index (κ1) is 17.4. The van der Waals surface area contributed by atoms with Crippen LogP contribution in [0.4, 0.5) is 9.18 Å². The minimum atomic E-state index is -0.546. The molecule has 0 fully saturated rings. The number of nitrogens with one attached hydrogen (secondary N) is 1. The fourth-order valence-electron chi connectivity index (χ4n) is 1.89. The number of halogens is 1. The summed E-state index contributed by atoms with van der Waals surface area (Å²) in [6, 6.07) is 4.89. The van der Waals surface area contributed by atoms with Crippen molar-refractivity contribution in [3.63, 3.8) is 0 Å². The van der Waals surface area contributed by atoms with Gasteiger partial charge in [-0.3, -0.25) is 0 Å². The fourth-order valence-corrected chi connectivity index (χ4v) is 1.89. The zero-order valence-electron chi connectivity index (χ0n) is 13.4. The highest BCUT2D eigenvalue weighted by Gasteiger charge is 2.27. The highest BCUT2D eigenvalue weighted by Crippen LogP contribution is 2.24. The minimum Gasteiger partial charge on any atom is -0.444 e. The predicted molar refractivity (Wildman–Crippen MR) is 81.8 cm³/mol. The van der Waals surface area contributed by atoms with Gasteiger partial charge in [-0.25, -0.2) is 9.18 Å². The molecule has 21 heavy (non-hydrogen) atoms. The molecule has 1 aromatic carbocycles. The van der Waals surface area contributed by atoms with Crippen LogP contribution in [0.25, 0.3) is 0 Å². The summed E-state index contributed by atoms with van der Waals surface area (Å²) < 4.78 is 18.6. The minimum absolute atomic E-state index is 0.252. The summed E-state index contributed by atoms with van der Waals surface area (Å²) in [5.74, 6) is -0.252. The lowest BCUT2D eigenvalue weighted by atomic mass is 9.82. The molecular formula is C16H25FN2O2. The van der Waals surface area contributed by atoms with E-state index in [2.05, 4.69) is 5.32 Å². The number of rotatable bonds is 4. The molecular weight excluding hydrogens is 271 g/mol. The van der Waals surface area contributed by atoms with E-state index >= 15 is 0 Å². The van der Waals surface area contributed by atoms with Crippen LogP contribution < -0.4 is 11.1 Å². The Morgan fingerprint density at radius 1 is 1.33 bits per heavy atom. The van der Waals surface area contributed by atoms with Crippen molar-refractivity contribution < 1.29 is 13.9 Å². The maximum atomic E-state index is 13.4. The molecule has 0 aliphatic rings. The number of carbonyl (C=O) groups is 1. The third-order valence-corrected chi connectivity index (χ3v) is 3.33. The SMILES string of the molecule is Cc1cc(C(C)(CN)CNC(=O)OC(C)(C)C)ccc1F. The molecule has 0 bridgehead atoms. The standard InChI is InChI=1S/C16H25FN2O2/c1-11-8-12(6-7-13(11)17)16(5,9-18)10-19-14(20)21-15(2,3)4/h6-8H,9-10,18H2,1-5H3,(H,19,20). The molecule has 1 atom stereocenters. The number of aryl methyl sites for hydroxylation is 1. The zero-order valence-corrected chi connectivity index (χ0v) is 13.4. The highest BCUT2D eigenvalue weighted by atomic mass is 19.1. The number of alkyl carbamates (subject to hydrolysis) is 1. The second kappa shape index (κ2) is 6.43. The molecule has 0 aromatic heterocycles. The summed E-state index contributed by atoms with van der Waals surface area (Å²) in [5, 5.41) is 2.73. The molecule has 0 radical (unpaired) electrons. The summed E-state index contributed by atoms with van der Waals surface area (Å²) in [7, 11) is 0. The van der Waals surface area contributed by atoms with Crippen LogP contribution in [0.15, 0.2) is 18.2 Å². The van der Waals surface area contributed by atoms with Gasteiger partial charge in [0.25, 0.3) is 0 Å². The molecule has 1 rings (SSSR count). The third-order valence-electron chi connectivity index (χ3n) is 3.33. The molecule has 1 aromatic rings. The monoisotopic (exact) mass is 296 g/mol. The van der Waals surface area contributed by atoms with Crippen LogP contribution in [0.2, 0.25) is 0 Å². The van der Waals surface area contributed by atoms with Crippen molar-refractivity contribution in [1.82, 2.24) is 5.32 Å². The van der Waals surface area contributed by atoms with Gasteiger partial charge in [-0.2, -0.15) is 0 Å². The molecule has 0 aliphatic heterocycles. The Labute approximate surface area is 125 Å². The first-order chi connectivity index (χ1) is 9.57. The molecule has 0 saturated heterocycles. The van der Waals surface area contributed by atoms with E-state index < -0.39 is 17.1 Å². The van der Waals surface area contributed by atoms with Crippen molar-refractivity contribution >= 4 is 6.09 Å². The maximum absolute atomic E-state index is 13.4. The number of benzene rings is 1. The lowest BCUT2D eigenvalue weighted by Crippen LogP contribution is -2.45. The Morgan fingerprint density at radius 3 is 2.43 bits per heavy atom. The summed E-state index contributed by atoms with van der Waals surface area (Å²) in [4.78, 5) is 11.7. The van der Waals surface area contributed by atoms with Crippen LogP contribution in [0.1, 0.15) is 38.8 Å². The largest absolute Gasteiger partial charge is 0.444 e. The maximum Gasteiger partial charge on any atom is 0.407 e. The highest BCUT2D eigenvalue weighted by molar-refractivity contribution is 5.67. The van der Waals surface area contributed by atoms with Gasteiger partial charge >= 0.3 is 6.09 Å². The first-order valence-electron chi connectivity index (χ1n) is 7.01. The van der Waals surface area contributed by atoms with Gasteiger partial charge in [-0.1, -0.05) is 19.1 Å². The second-order valence-electron chi connectivity index (χ2n) is 6.58. The first-order valence-corrected chi connectivity index (χ1v) is 7.01. The van der Waals surface area contributed by atoms with Crippen molar-refractivity contribution in [3.8, 4) is 0 Å². The average molecular weight is 296 g/mol. The lowest BCUT2D eigenvalue weighted by molar-refractivity contribution is 0.0516. The van der Waals surface area contributed by atoms with Gasteiger partial charge < -0.3 is 15.8 Å². The molecule has 118 valence electrons. The number of nitrogens with two attached hydrogens (primary N) is 1. The van der Waals surface area contributed by atoms with Crippen LogP contribution in [-0.2, 0) is 10.2 Å². The molecule has 4 nitrogen and oxygen atoms in total. The molecule has 0 saturated carbocycles. The third kappa shape index (κ3) is 5.01. The molecule has 0 heterocycles. The van der Waals surface area contributed by atoms with E-state index in [4.69, 9.17) is 10.5 Å². The Morgan fingerprint density at radius 2 is 1.95 bits per heavy atom. The van der Waals surface area contributed by atoms with Crippen molar-refractivity contribution in [3.05, 3.63) is 35.1 Å². The normalized spacial score (nSPS) is 14.4. The number of amides is 1. The van der Waals surface area contributed by atoms with Gasteiger partial charge in [-0.15, -0.1) is 0 Å². The van der Waals surface area contributed by atoms with E-state index in [-0.39, 0.29) is 5.82 Å². The summed E-state index contributed by atoms with van der Waals surface area (Å²) in [6.45, 7) is 9.69. The number of hydrogen-bond donors (Lipinski definition) is 2. The van der Waals surface area contributed by atoms with E-state index in [9.17, 15) is 9.18 Å². The van der Waals surface area contributed by atoms with Crippen LogP contribution in [0, 0.1) is 12.7 Å². The Kier molecular flexibility index (Phi) is 5.34. The van der Waals surface area contributed by atoms with Crippen LogP contribution >= 0.6 is 0 Å². The molecule has 1 amide bonds. The summed E-state index contributed by atoms with van der Waals surface area (Å²) in [6.07, 6.45) is -0.485. The van der Waals surface area contributed by atoms with Gasteiger partial charge in [0.15, 0.2) is 0 Å². The molecule has 5 heteroatoms. The van der Waals surface area contributed by atoms with Gasteiger partial charge in [0.2, 0.25) is 0 Å². The van der Waals surface area contributed by atoms with Crippen LogP contribution in [0.3, 0.4) is 0 Å². The molecule has 1 unspecified atom stereocenters. The quantitative estimate of drug-likeness (QED) is 0.898. The van der Waals surface area contributed by atoms with Gasteiger partial charge in [0.05, 0.1) is 0 Å². The predicted octanol–water partition coefficient (Wildman–Crippen LogP) is 2.88. The van der Waals surface area contributed by atoms with Crippen molar-refractivity contribution in [2.75, 3.05) is 13.1 Å². The summed E-state index contributed by atoms with van der Waals surface area (Å²) in [5.41, 5.74) is 6.28. The van der Waals surface area contributed by atoms with Crippen molar-refractivity contribution in [1.29, 1.82) is 0 Å². The summed E-state index contributed by atoms with van der Waals surface area (Å²) >= 11 is 0. The number of hydrogen-bond acceptors (Lipinski definition) is 3. The van der Waals surface area contributed by atoms with E-state index in [1.165, 1.54) is 6.07 Å². The Hall–Kier alpha value is -1.62. The van der Waals surface area contributed by atoms with Crippen LogP contribution in [0.5, 0.6) is 0 Å². The van der Waals surface area contributed by atoms with Crippen molar-refractivity contribution in [2.24, 2.45) is 5.73 Å².